The topological polar surface area (TPSA) is 72.8 Å². The van der Waals surface area contributed by atoms with E-state index in [4.69, 9.17) is 0 Å². The zero-order valence-electron chi connectivity index (χ0n) is 12.0. The molecule has 1 saturated heterocycles. The van der Waals surface area contributed by atoms with Crippen LogP contribution < -0.4 is 5.32 Å². The molecule has 1 fully saturated rings. The molecule has 0 bridgehead atoms. The van der Waals surface area contributed by atoms with Crippen LogP contribution in [-0.2, 0) is 4.79 Å². The first-order valence-corrected chi connectivity index (χ1v) is 7.05. The van der Waals surface area contributed by atoms with Crippen LogP contribution in [0.5, 0.6) is 11.5 Å². The highest BCUT2D eigenvalue weighted by Crippen LogP contribution is 2.28. The summed E-state index contributed by atoms with van der Waals surface area (Å²) in [6.45, 7) is 5.40. The molecule has 1 aliphatic rings. The van der Waals surface area contributed by atoms with Crippen LogP contribution in [0.25, 0.3) is 0 Å². The highest BCUT2D eigenvalue weighted by Gasteiger charge is 2.24. The Kier molecular flexibility index (Phi) is 4.49. The number of rotatable bonds is 4. The van der Waals surface area contributed by atoms with Gasteiger partial charge in [-0.25, -0.2) is 0 Å². The zero-order valence-corrected chi connectivity index (χ0v) is 12.0. The van der Waals surface area contributed by atoms with Crippen molar-refractivity contribution < 1.29 is 15.0 Å². The molecule has 2 rings (SSSR count). The molecule has 0 aromatic heterocycles. The van der Waals surface area contributed by atoms with E-state index in [0.29, 0.717) is 5.56 Å². The Labute approximate surface area is 119 Å². The Morgan fingerprint density at radius 3 is 2.50 bits per heavy atom. The molecule has 0 spiro atoms. The molecule has 1 aromatic carbocycles. The molecular weight excluding hydrogens is 256 g/mol. The third kappa shape index (κ3) is 3.22. The molecule has 0 radical (unpaired) electrons. The van der Waals surface area contributed by atoms with Crippen LogP contribution in [0.1, 0.15) is 38.3 Å². The predicted octanol–water partition coefficient (Wildman–Crippen LogP) is 1.76. The molecule has 20 heavy (non-hydrogen) atoms. The van der Waals surface area contributed by atoms with Gasteiger partial charge in [0.2, 0.25) is 5.91 Å². The summed E-state index contributed by atoms with van der Waals surface area (Å²) in [4.78, 5) is 14.1. The Balaban J connectivity index is 1.99. The summed E-state index contributed by atoms with van der Waals surface area (Å²) in [5.74, 6) is 0.165. The third-order valence-electron chi connectivity index (χ3n) is 3.77. The number of benzene rings is 1. The van der Waals surface area contributed by atoms with Crippen LogP contribution in [0.4, 0.5) is 0 Å². The minimum atomic E-state index is -0.295. The number of aromatic hydroxyl groups is 2. The number of hydrogen-bond acceptors (Lipinski definition) is 4. The summed E-state index contributed by atoms with van der Waals surface area (Å²) >= 11 is 0. The fraction of sp³-hybridized carbons (Fsp3) is 0.533. The Morgan fingerprint density at radius 2 is 1.90 bits per heavy atom. The second-order valence-corrected chi connectivity index (χ2v) is 5.39. The minimum absolute atomic E-state index is 0.0274. The van der Waals surface area contributed by atoms with Crippen LogP contribution in [0.3, 0.4) is 0 Å². The summed E-state index contributed by atoms with van der Waals surface area (Å²) in [7, 11) is 0. The predicted molar refractivity (Wildman–Crippen MR) is 76.6 cm³/mol. The molecule has 1 amide bonds. The largest absolute Gasteiger partial charge is 0.508 e. The van der Waals surface area contributed by atoms with Gasteiger partial charge in [-0.3, -0.25) is 10.1 Å². The van der Waals surface area contributed by atoms with E-state index in [1.54, 1.807) is 6.07 Å². The van der Waals surface area contributed by atoms with Crippen molar-refractivity contribution in [3.05, 3.63) is 23.8 Å². The van der Waals surface area contributed by atoms with Crippen LogP contribution in [0.2, 0.25) is 0 Å². The lowest BCUT2D eigenvalue weighted by Gasteiger charge is -2.24. The summed E-state index contributed by atoms with van der Waals surface area (Å²) in [6.07, 6.45) is 2.15. The first-order chi connectivity index (χ1) is 9.49. The third-order valence-corrected chi connectivity index (χ3v) is 3.77. The van der Waals surface area contributed by atoms with Crippen molar-refractivity contribution in [1.29, 1.82) is 0 Å². The molecule has 5 nitrogen and oxygen atoms in total. The summed E-state index contributed by atoms with van der Waals surface area (Å²) < 4.78 is 0. The zero-order chi connectivity index (χ0) is 14.7. The molecule has 2 unspecified atom stereocenters. The average Bonchev–Trinajstić information content (AvgIpc) is 2.91. The number of nitrogens with zero attached hydrogens (tertiary/aromatic N) is 1. The normalized spacial score (nSPS) is 18.0. The number of amides is 1. The number of hydrogen-bond donors (Lipinski definition) is 3. The number of phenolic OH excluding ortho intramolecular Hbond substituents is 2. The quantitative estimate of drug-likeness (QED) is 0.784. The van der Waals surface area contributed by atoms with Crippen molar-refractivity contribution in [3.63, 3.8) is 0 Å². The van der Waals surface area contributed by atoms with E-state index in [1.807, 2.05) is 18.7 Å². The van der Waals surface area contributed by atoms with E-state index in [9.17, 15) is 15.0 Å². The van der Waals surface area contributed by atoms with Crippen molar-refractivity contribution >= 4 is 5.91 Å². The highest BCUT2D eigenvalue weighted by atomic mass is 16.3. The van der Waals surface area contributed by atoms with Crippen molar-refractivity contribution in [1.82, 2.24) is 10.2 Å². The first kappa shape index (κ1) is 14.7. The van der Waals surface area contributed by atoms with E-state index in [-0.39, 0.29) is 29.5 Å². The second kappa shape index (κ2) is 6.13. The monoisotopic (exact) mass is 278 g/mol. The van der Waals surface area contributed by atoms with Gasteiger partial charge in [-0.1, -0.05) is 6.07 Å². The van der Waals surface area contributed by atoms with E-state index in [2.05, 4.69) is 5.32 Å². The van der Waals surface area contributed by atoms with Crippen molar-refractivity contribution in [3.8, 4) is 11.5 Å². The van der Waals surface area contributed by atoms with Gasteiger partial charge in [0.15, 0.2) is 0 Å². The van der Waals surface area contributed by atoms with Crippen LogP contribution in [0.15, 0.2) is 18.2 Å². The van der Waals surface area contributed by atoms with Crippen LogP contribution >= 0.6 is 0 Å². The number of likely N-dealkylation sites (tertiary alicyclic amines) is 1. The molecule has 0 saturated carbocycles. The van der Waals surface area contributed by atoms with E-state index >= 15 is 0 Å². The molecule has 1 aromatic rings. The maximum Gasteiger partial charge on any atom is 0.239 e. The lowest BCUT2D eigenvalue weighted by Crippen LogP contribution is -2.44. The van der Waals surface area contributed by atoms with Gasteiger partial charge in [0.25, 0.3) is 0 Å². The maximum atomic E-state index is 12.2. The van der Waals surface area contributed by atoms with Crippen LogP contribution in [0, 0.1) is 0 Å². The summed E-state index contributed by atoms with van der Waals surface area (Å²) in [5.41, 5.74) is 0.670. The number of nitrogens with one attached hydrogen (secondary N) is 1. The maximum absolute atomic E-state index is 12.2. The molecule has 110 valence electrons. The molecule has 1 aliphatic heterocycles. The summed E-state index contributed by atoms with van der Waals surface area (Å²) in [6, 6.07) is 4.03. The SMILES string of the molecule is CC(NC(C)c1ccc(O)cc1O)C(=O)N1CCCC1. The fourth-order valence-corrected chi connectivity index (χ4v) is 2.65. The molecule has 3 N–H and O–H groups in total. The molecule has 1 heterocycles. The van der Waals surface area contributed by atoms with Gasteiger partial charge in [-0.2, -0.15) is 0 Å². The Morgan fingerprint density at radius 1 is 1.25 bits per heavy atom. The molecule has 2 atom stereocenters. The van der Waals surface area contributed by atoms with Gasteiger partial charge in [0, 0.05) is 30.8 Å². The van der Waals surface area contributed by atoms with Crippen molar-refractivity contribution in [2.24, 2.45) is 0 Å². The van der Waals surface area contributed by atoms with E-state index in [1.165, 1.54) is 12.1 Å². The van der Waals surface area contributed by atoms with Gasteiger partial charge in [0.05, 0.1) is 6.04 Å². The van der Waals surface area contributed by atoms with E-state index < -0.39 is 0 Å². The van der Waals surface area contributed by atoms with Crippen molar-refractivity contribution in [2.45, 2.75) is 38.8 Å². The van der Waals surface area contributed by atoms with Gasteiger partial charge in [-0.15, -0.1) is 0 Å². The van der Waals surface area contributed by atoms with Crippen molar-refractivity contribution in [2.75, 3.05) is 13.1 Å². The van der Waals surface area contributed by atoms with Gasteiger partial charge >= 0.3 is 0 Å². The lowest BCUT2D eigenvalue weighted by molar-refractivity contribution is -0.132. The fourth-order valence-electron chi connectivity index (χ4n) is 2.65. The molecule has 0 aliphatic carbocycles. The van der Waals surface area contributed by atoms with Gasteiger partial charge in [0.1, 0.15) is 11.5 Å². The second-order valence-electron chi connectivity index (χ2n) is 5.39. The van der Waals surface area contributed by atoms with Gasteiger partial charge in [-0.05, 0) is 32.8 Å². The highest BCUT2D eigenvalue weighted by molar-refractivity contribution is 5.81. The number of carbonyl (C=O) groups excluding carboxylic acids is 1. The standard InChI is InChI=1S/C15H22N2O3/c1-10(13-6-5-12(18)9-14(13)19)16-11(2)15(20)17-7-3-4-8-17/h5-6,9-11,16,18-19H,3-4,7-8H2,1-2H3. The van der Waals surface area contributed by atoms with Crippen LogP contribution in [-0.4, -0.2) is 40.2 Å². The summed E-state index contributed by atoms with van der Waals surface area (Å²) in [5, 5.41) is 22.3. The Hall–Kier alpha value is -1.75. The van der Waals surface area contributed by atoms with E-state index in [0.717, 1.165) is 25.9 Å². The minimum Gasteiger partial charge on any atom is -0.508 e. The Bertz CT molecular complexity index is 484. The first-order valence-electron chi connectivity index (χ1n) is 7.05. The average molecular weight is 278 g/mol. The van der Waals surface area contributed by atoms with Gasteiger partial charge < -0.3 is 15.1 Å². The lowest BCUT2D eigenvalue weighted by atomic mass is 10.1. The number of carbonyl (C=O) groups is 1. The molecule has 5 heteroatoms. The smallest absolute Gasteiger partial charge is 0.239 e. The number of phenols is 2. The molecular formula is C15H22N2O3.